The van der Waals surface area contributed by atoms with Gasteiger partial charge in [-0.25, -0.2) is 8.42 Å². The minimum Gasteiger partial charge on any atom is -0.316 e. The molecule has 0 atom stereocenters. The molecular formula is C15H23NO2S. The van der Waals surface area contributed by atoms with Gasteiger partial charge in [0.1, 0.15) is 9.84 Å². The van der Waals surface area contributed by atoms with E-state index in [0.717, 1.165) is 25.9 Å². The van der Waals surface area contributed by atoms with Gasteiger partial charge in [0, 0.05) is 24.3 Å². The van der Waals surface area contributed by atoms with Gasteiger partial charge in [-0.05, 0) is 24.8 Å². The van der Waals surface area contributed by atoms with E-state index in [4.69, 9.17) is 0 Å². The molecule has 2 rings (SSSR count). The van der Waals surface area contributed by atoms with Crippen molar-refractivity contribution < 1.29 is 8.42 Å². The zero-order chi connectivity index (χ0) is 13.8. The quantitative estimate of drug-likeness (QED) is 0.832. The molecule has 0 amide bonds. The zero-order valence-electron chi connectivity index (χ0n) is 11.6. The first-order chi connectivity index (χ1) is 9.05. The smallest absolute Gasteiger partial charge is 0.150 e. The lowest BCUT2D eigenvalue weighted by atomic mass is 9.74. The Morgan fingerprint density at radius 2 is 1.84 bits per heavy atom. The van der Waals surface area contributed by atoms with Crippen LogP contribution < -0.4 is 5.32 Å². The molecule has 0 aliphatic carbocycles. The Balaban J connectivity index is 1.96. The number of rotatable bonds is 7. The molecule has 1 aromatic carbocycles. The zero-order valence-corrected chi connectivity index (χ0v) is 12.4. The lowest BCUT2D eigenvalue weighted by Crippen LogP contribution is -2.55. The Hall–Kier alpha value is -0.870. The van der Waals surface area contributed by atoms with Gasteiger partial charge in [0.05, 0.1) is 5.75 Å². The third kappa shape index (κ3) is 4.05. The number of nitrogens with one attached hydrogen (secondary N) is 1. The Morgan fingerprint density at radius 1 is 1.16 bits per heavy atom. The summed E-state index contributed by atoms with van der Waals surface area (Å²) >= 11 is 0. The molecule has 0 bridgehead atoms. The summed E-state index contributed by atoms with van der Waals surface area (Å²) in [6, 6.07) is 10.4. The van der Waals surface area contributed by atoms with Gasteiger partial charge in [0.25, 0.3) is 0 Å². The van der Waals surface area contributed by atoms with E-state index >= 15 is 0 Å². The van der Waals surface area contributed by atoms with Gasteiger partial charge < -0.3 is 5.32 Å². The fraction of sp³-hybridized carbons (Fsp3) is 0.600. The van der Waals surface area contributed by atoms with Crippen molar-refractivity contribution in [1.29, 1.82) is 0 Å². The number of hydrogen-bond donors (Lipinski definition) is 1. The van der Waals surface area contributed by atoms with E-state index in [2.05, 4.69) is 17.4 Å². The van der Waals surface area contributed by atoms with Crippen molar-refractivity contribution in [3.8, 4) is 0 Å². The molecule has 0 saturated carbocycles. The maximum absolute atomic E-state index is 11.8. The summed E-state index contributed by atoms with van der Waals surface area (Å²) in [4.78, 5) is 0. The number of sulfone groups is 1. The first kappa shape index (κ1) is 14.5. The minimum atomic E-state index is -2.86. The van der Waals surface area contributed by atoms with Crippen LogP contribution in [0.3, 0.4) is 0 Å². The van der Waals surface area contributed by atoms with Crippen LogP contribution in [-0.4, -0.2) is 33.0 Å². The Bertz CT molecular complexity index is 492. The van der Waals surface area contributed by atoms with E-state index in [0.29, 0.717) is 17.9 Å². The third-order valence-electron chi connectivity index (χ3n) is 3.88. The van der Waals surface area contributed by atoms with Crippen molar-refractivity contribution in [3.63, 3.8) is 0 Å². The highest BCUT2D eigenvalue weighted by molar-refractivity contribution is 7.91. The molecule has 4 heteroatoms. The summed E-state index contributed by atoms with van der Waals surface area (Å²) in [5, 5.41) is 3.30. The minimum absolute atomic E-state index is 0.141. The van der Waals surface area contributed by atoms with Crippen molar-refractivity contribution in [2.75, 3.05) is 24.6 Å². The van der Waals surface area contributed by atoms with E-state index in [-0.39, 0.29) is 5.41 Å². The predicted molar refractivity (Wildman–Crippen MR) is 79.0 cm³/mol. The molecule has 1 fully saturated rings. The van der Waals surface area contributed by atoms with Crippen LogP contribution in [0.15, 0.2) is 30.3 Å². The van der Waals surface area contributed by atoms with Gasteiger partial charge >= 0.3 is 0 Å². The molecule has 0 unspecified atom stereocenters. The van der Waals surface area contributed by atoms with Crippen molar-refractivity contribution in [3.05, 3.63) is 35.9 Å². The summed E-state index contributed by atoms with van der Waals surface area (Å²) in [7, 11) is -2.86. The van der Waals surface area contributed by atoms with Crippen LogP contribution in [0, 0.1) is 5.41 Å². The van der Waals surface area contributed by atoms with E-state index in [9.17, 15) is 8.42 Å². The van der Waals surface area contributed by atoms with Gasteiger partial charge in [-0.1, -0.05) is 37.3 Å². The molecule has 0 aromatic heterocycles. The molecule has 1 N–H and O–H groups in total. The Labute approximate surface area is 116 Å². The van der Waals surface area contributed by atoms with E-state index in [1.54, 1.807) is 0 Å². The SMILES string of the molecule is CCCS(=O)(=O)CCC1(Cc2ccccc2)CNC1. The van der Waals surface area contributed by atoms with Crippen molar-refractivity contribution in [1.82, 2.24) is 5.32 Å². The van der Waals surface area contributed by atoms with E-state index < -0.39 is 9.84 Å². The van der Waals surface area contributed by atoms with Crippen LogP contribution in [0.5, 0.6) is 0 Å². The molecule has 1 saturated heterocycles. The molecular weight excluding hydrogens is 258 g/mol. The summed E-state index contributed by atoms with van der Waals surface area (Å²) in [6.45, 7) is 3.79. The Morgan fingerprint density at radius 3 is 2.37 bits per heavy atom. The molecule has 1 aliphatic heterocycles. The van der Waals surface area contributed by atoms with Crippen LogP contribution in [0.25, 0.3) is 0 Å². The summed E-state index contributed by atoms with van der Waals surface area (Å²) in [5.41, 5.74) is 1.44. The van der Waals surface area contributed by atoms with Gasteiger partial charge in [0.2, 0.25) is 0 Å². The topological polar surface area (TPSA) is 46.2 Å². The summed E-state index contributed by atoms with van der Waals surface area (Å²) < 4.78 is 23.7. The molecule has 1 heterocycles. The number of hydrogen-bond acceptors (Lipinski definition) is 3. The van der Waals surface area contributed by atoms with Gasteiger partial charge in [-0.2, -0.15) is 0 Å². The lowest BCUT2D eigenvalue weighted by Gasteiger charge is -2.43. The highest BCUT2D eigenvalue weighted by Gasteiger charge is 2.37. The molecule has 0 spiro atoms. The van der Waals surface area contributed by atoms with Crippen LogP contribution >= 0.6 is 0 Å². The van der Waals surface area contributed by atoms with E-state index in [1.165, 1.54) is 5.56 Å². The molecule has 106 valence electrons. The highest BCUT2D eigenvalue weighted by atomic mass is 32.2. The highest BCUT2D eigenvalue weighted by Crippen LogP contribution is 2.32. The second-order valence-electron chi connectivity index (χ2n) is 5.67. The first-order valence-corrected chi connectivity index (χ1v) is 8.82. The monoisotopic (exact) mass is 281 g/mol. The average molecular weight is 281 g/mol. The normalized spacial score (nSPS) is 17.9. The molecule has 3 nitrogen and oxygen atoms in total. The maximum Gasteiger partial charge on any atom is 0.150 e. The van der Waals surface area contributed by atoms with E-state index in [1.807, 2.05) is 25.1 Å². The standard InChI is InChI=1S/C15H23NO2S/c1-2-9-19(17,18)10-8-15(12-16-13-15)11-14-6-4-3-5-7-14/h3-7,16H,2,8-13H2,1H3. The van der Waals surface area contributed by atoms with Crippen molar-refractivity contribution >= 4 is 9.84 Å². The summed E-state index contributed by atoms with van der Waals surface area (Å²) in [6.07, 6.45) is 2.46. The number of benzene rings is 1. The van der Waals surface area contributed by atoms with Crippen molar-refractivity contribution in [2.45, 2.75) is 26.2 Å². The van der Waals surface area contributed by atoms with Crippen LogP contribution in [0.2, 0.25) is 0 Å². The van der Waals surface area contributed by atoms with Crippen molar-refractivity contribution in [2.24, 2.45) is 5.41 Å². The second-order valence-corrected chi connectivity index (χ2v) is 7.97. The van der Waals surface area contributed by atoms with Gasteiger partial charge in [0.15, 0.2) is 0 Å². The van der Waals surface area contributed by atoms with Crippen LogP contribution in [0.1, 0.15) is 25.3 Å². The van der Waals surface area contributed by atoms with Gasteiger partial charge in [-0.15, -0.1) is 0 Å². The molecule has 1 aliphatic rings. The molecule has 0 radical (unpaired) electrons. The third-order valence-corrected chi connectivity index (χ3v) is 5.74. The fourth-order valence-electron chi connectivity index (χ4n) is 2.68. The average Bonchev–Trinajstić information content (AvgIpc) is 2.34. The fourth-order valence-corrected chi connectivity index (χ4v) is 4.25. The molecule has 1 aromatic rings. The Kier molecular flexibility index (Phi) is 4.63. The maximum atomic E-state index is 11.8. The second kappa shape index (κ2) is 6.06. The largest absolute Gasteiger partial charge is 0.316 e. The lowest BCUT2D eigenvalue weighted by molar-refractivity contribution is 0.161. The van der Waals surface area contributed by atoms with Crippen LogP contribution in [0.4, 0.5) is 0 Å². The predicted octanol–water partition coefficient (Wildman–Crippen LogP) is 2.03. The first-order valence-electron chi connectivity index (χ1n) is 7.00. The van der Waals surface area contributed by atoms with Crippen LogP contribution in [-0.2, 0) is 16.3 Å². The molecule has 19 heavy (non-hydrogen) atoms. The summed E-state index contributed by atoms with van der Waals surface area (Å²) in [5.74, 6) is 0.650. The van der Waals surface area contributed by atoms with Gasteiger partial charge in [-0.3, -0.25) is 0 Å².